The number of benzene rings is 1. The summed E-state index contributed by atoms with van der Waals surface area (Å²) in [7, 11) is 1.85. The molecule has 2 aromatic rings. The normalized spacial score (nSPS) is 10.8. The number of anilines is 1. The second-order valence-corrected chi connectivity index (χ2v) is 5.29. The van der Waals surface area contributed by atoms with Gasteiger partial charge in [0.1, 0.15) is 5.56 Å². The standard InChI is InChI=1S/C17H22N2O3/c1-5-22-17(21)14-10-18-15-12(3)11(2)6-7-13(15)16(14)19(4)8-9-20/h6-7,10,20H,5,8-9H2,1-4H3. The highest BCUT2D eigenvalue weighted by Gasteiger charge is 2.20. The summed E-state index contributed by atoms with van der Waals surface area (Å²) in [5.74, 6) is -0.394. The summed E-state index contributed by atoms with van der Waals surface area (Å²) in [5.41, 5.74) is 4.29. The number of aliphatic hydroxyl groups excluding tert-OH is 1. The van der Waals surface area contributed by atoms with Crippen molar-refractivity contribution >= 4 is 22.6 Å². The molecule has 0 saturated carbocycles. The second-order valence-electron chi connectivity index (χ2n) is 5.29. The Labute approximate surface area is 130 Å². The third-order valence-electron chi connectivity index (χ3n) is 3.85. The summed E-state index contributed by atoms with van der Waals surface area (Å²) >= 11 is 0. The van der Waals surface area contributed by atoms with Crippen LogP contribution in [0.25, 0.3) is 10.9 Å². The van der Waals surface area contributed by atoms with E-state index in [9.17, 15) is 9.90 Å². The molecule has 0 unspecified atom stereocenters. The van der Waals surface area contributed by atoms with Gasteiger partial charge in [-0.15, -0.1) is 0 Å². The molecular weight excluding hydrogens is 280 g/mol. The van der Waals surface area contributed by atoms with Gasteiger partial charge in [-0.3, -0.25) is 4.98 Å². The summed E-state index contributed by atoms with van der Waals surface area (Å²) in [6.07, 6.45) is 1.57. The fraction of sp³-hybridized carbons (Fsp3) is 0.412. The van der Waals surface area contributed by atoms with Crippen molar-refractivity contribution in [2.45, 2.75) is 20.8 Å². The Kier molecular flexibility index (Phi) is 4.98. The largest absolute Gasteiger partial charge is 0.462 e. The average Bonchev–Trinajstić information content (AvgIpc) is 2.50. The van der Waals surface area contributed by atoms with Crippen molar-refractivity contribution in [2.24, 2.45) is 0 Å². The van der Waals surface area contributed by atoms with Gasteiger partial charge >= 0.3 is 5.97 Å². The first-order valence-electron chi connectivity index (χ1n) is 7.39. The van der Waals surface area contributed by atoms with Gasteiger partial charge in [-0.05, 0) is 31.9 Å². The molecule has 0 saturated heterocycles. The second kappa shape index (κ2) is 6.75. The minimum atomic E-state index is -0.394. The molecule has 1 aromatic heterocycles. The maximum atomic E-state index is 12.2. The van der Waals surface area contributed by atoms with Crippen LogP contribution in [-0.4, -0.2) is 42.9 Å². The van der Waals surface area contributed by atoms with Gasteiger partial charge in [0.15, 0.2) is 0 Å². The highest BCUT2D eigenvalue weighted by Crippen LogP contribution is 2.32. The number of ether oxygens (including phenoxy) is 1. The minimum Gasteiger partial charge on any atom is -0.462 e. The maximum Gasteiger partial charge on any atom is 0.341 e. The number of fused-ring (bicyclic) bond motifs is 1. The first-order chi connectivity index (χ1) is 10.5. The lowest BCUT2D eigenvalue weighted by atomic mass is 10.0. The van der Waals surface area contributed by atoms with E-state index in [1.807, 2.05) is 37.9 Å². The zero-order chi connectivity index (χ0) is 16.3. The number of rotatable bonds is 5. The predicted molar refractivity (Wildman–Crippen MR) is 87.5 cm³/mol. The van der Waals surface area contributed by atoms with Gasteiger partial charge in [-0.25, -0.2) is 4.79 Å². The Bertz CT molecular complexity index is 698. The molecule has 0 bridgehead atoms. The Balaban J connectivity index is 2.72. The van der Waals surface area contributed by atoms with Crippen LogP contribution in [0.15, 0.2) is 18.3 Å². The van der Waals surface area contributed by atoms with Gasteiger partial charge in [0.2, 0.25) is 0 Å². The number of hydrogen-bond donors (Lipinski definition) is 1. The number of aliphatic hydroxyl groups is 1. The van der Waals surface area contributed by atoms with Crippen LogP contribution in [0.3, 0.4) is 0 Å². The van der Waals surface area contributed by atoms with Crippen molar-refractivity contribution in [1.82, 2.24) is 4.98 Å². The molecule has 0 aliphatic heterocycles. The lowest BCUT2D eigenvalue weighted by Gasteiger charge is -2.23. The first kappa shape index (κ1) is 16.2. The van der Waals surface area contributed by atoms with E-state index in [4.69, 9.17) is 4.74 Å². The number of likely N-dealkylation sites (N-methyl/N-ethyl adjacent to an activating group) is 1. The summed E-state index contributed by atoms with van der Waals surface area (Å²) in [6.45, 7) is 6.58. The van der Waals surface area contributed by atoms with E-state index in [2.05, 4.69) is 4.98 Å². The summed E-state index contributed by atoms with van der Waals surface area (Å²) in [4.78, 5) is 18.5. The van der Waals surface area contributed by atoms with E-state index >= 15 is 0 Å². The molecule has 0 atom stereocenters. The zero-order valence-electron chi connectivity index (χ0n) is 13.5. The molecule has 0 radical (unpaired) electrons. The monoisotopic (exact) mass is 302 g/mol. The molecule has 1 N–H and O–H groups in total. The highest BCUT2D eigenvalue weighted by atomic mass is 16.5. The van der Waals surface area contributed by atoms with Gasteiger partial charge in [0, 0.05) is 25.2 Å². The van der Waals surface area contributed by atoms with E-state index in [1.54, 1.807) is 13.1 Å². The van der Waals surface area contributed by atoms with Gasteiger partial charge in [-0.1, -0.05) is 12.1 Å². The molecule has 22 heavy (non-hydrogen) atoms. The Morgan fingerprint density at radius 1 is 1.36 bits per heavy atom. The number of aromatic nitrogens is 1. The quantitative estimate of drug-likeness (QED) is 0.860. The van der Waals surface area contributed by atoms with Crippen molar-refractivity contribution < 1.29 is 14.6 Å². The van der Waals surface area contributed by atoms with E-state index in [0.29, 0.717) is 18.7 Å². The molecule has 0 fully saturated rings. The van der Waals surface area contributed by atoms with Crippen molar-refractivity contribution in [3.8, 4) is 0 Å². The molecule has 0 aliphatic carbocycles. The molecule has 0 amide bonds. The first-order valence-corrected chi connectivity index (χ1v) is 7.39. The predicted octanol–water partition coefficient (Wildman–Crippen LogP) is 2.46. The van der Waals surface area contributed by atoms with Crippen molar-refractivity contribution in [3.05, 3.63) is 35.0 Å². The molecular formula is C17H22N2O3. The number of hydrogen-bond acceptors (Lipinski definition) is 5. The topological polar surface area (TPSA) is 62.7 Å². The lowest BCUT2D eigenvalue weighted by Crippen LogP contribution is -2.24. The number of carbonyl (C=O) groups is 1. The van der Waals surface area contributed by atoms with Crippen LogP contribution >= 0.6 is 0 Å². The molecule has 1 aromatic carbocycles. The third kappa shape index (κ3) is 2.90. The molecule has 5 nitrogen and oxygen atoms in total. The van der Waals surface area contributed by atoms with Crippen LogP contribution in [0, 0.1) is 13.8 Å². The average molecular weight is 302 g/mol. The minimum absolute atomic E-state index is 0.00737. The van der Waals surface area contributed by atoms with E-state index in [0.717, 1.165) is 27.7 Å². The van der Waals surface area contributed by atoms with Crippen LogP contribution in [-0.2, 0) is 4.74 Å². The summed E-state index contributed by atoms with van der Waals surface area (Å²) in [6, 6.07) is 3.99. The van der Waals surface area contributed by atoms with Crippen LogP contribution in [0.4, 0.5) is 5.69 Å². The van der Waals surface area contributed by atoms with Crippen LogP contribution < -0.4 is 4.90 Å². The van der Waals surface area contributed by atoms with Gasteiger partial charge < -0.3 is 14.7 Å². The van der Waals surface area contributed by atoms with Crippen LogP contribution in [0.5, 0.6) is 0 Å². The highest BCUT2D eigenvalue weighted by molar-refractivity contribution is 6.06. The fourth-order valence-corrected chi connectivity index (χ4v) is 2.53. The molecule has 1 heterocycles. The Hall–Kier alpha value is -2.14. The van der Waals surface area contributed by atoms with Crippen LogP contribution in [0.2, 0.25) is 0 Å². The summed E-state index contributed by atoms with van der Waals surface area (Å²) in [5, 5.41) is 10.1. The molecule has 118 valence electrons. The van der Waals surface area contributed by atoms with Crippen molar-refractivity contribution in [2.75, 3.05) is 31.7 Å². The summed E-state index contributed by atoms with van der Waals surface area (Å²) < 4.78 is 5.13. The number of carbonyl (C=O) groups excluding carboxylic acids is 1. The van der Waals surface area contributed by atoms with Crippen molar-refractivity contribution in [3.63, 3.8) is 0 Å². The van der Waals surface area contributed by atoms with Gasteiger partial charge in [0.25, 0.3) is 0 Å². The van der Waals surface area contributed by atoms with E-state index in [1.165, 1.54) is 0 Å². The number of nitrogens with zero attached hydrogens (tertiary/aromatic N) is 2. The zero-order valence-corrected chi connectivity index (χ0v) is 13.5. The number of esters is 1. The molecule has 2 rings (SSSR count). The van der Waals surface area contributed by atoms with E-state index < -0.39 is 5.97 Å². The fourth-order valence-electron chi connectivity index (χ4n) is 2.53. The van der Waals surface area contributed by atoms with E-state index in [-0.39, 0.29) is 6.61 Å². The molecule has 5 heteroatoms. The lowest BCUT2D eigenvalue weighted by molar-refractivity contribution is 0.0526. The number of aryl methyl sites for hydroxylation is 2. The number of pyridine rings is 1. The van der Waals surface area contributed by atoms with Gasteiger partial charge in [-0.2, -0.15) is 0 Å². The SMILES string of the molecule is CCOC(=O)c1cnc2c(C)c(C)ccc2c1N(C)CCO. The molecule has 0 aliphatic rings. The third-order valence-corrected chi connectivity index (χ3v) is 3.85. The maximum absolute atomic E-state index is 12.2. The Morgan fingerprint density at radius 3 is 2.73 bits per heavy atom. The van der Waals surface area contributed by atoms with Crippen LogP contribution in [0.1, 0.15) is 28.4 Å². The molecule has 0 spiro atoms. The van der Waals surface area contributed by atoms with Crippen molar-refractivity contribution in [1.29, 1.82) is 0 Å². The van der Waals surface area contributed by atoms with Gasteiger partial charge in [0.05, 0.1) is 24.4 Å². The smallest absolute Gasteiger partial charge is 0.341 e. The Morgan fingerprint density at radius 2 is 2.09 bits per heavy atom.